The predicted molar refractivity (Wildman–Crippen MR) is 115 cm³/mol. The highest BCUT2D eigenvalue weighted by atomic mass is 35.5. The van der Waals surface area contributed by atoms with Crippen LogP contribution in [0.4, 0.5) is 5.82 Å². The van der Waals surface area contributed by atoms with E-state index in [1.807, 2.05) is 0 Å². The van der Waals surface area contributed by atoms with Crippen molar-refractivity contribution in [1.29, 1.82) is 0 Å². The van der Waals surface area contributed by atoms with Crippen LogP contribution in [0.25, 0.3) is 5.82 Å². The smallest absolute Gasteiger partial charge is 0.293 e. The lowest BCUT2D eigenvalue weighted by molar-refractivity contribution is 0.0949. The van der Waals surface area contributed by atoms with Gasteiger partial charge in [0.25, 0.3) is 5.91 Å². The molecule has 0 unspecified atom stereocenters. The van der Waals surface area contributed by atoms with Crippen LogP contribution in [0.1, 0.15) is 28.7 Å². The SMILES string of the molecule is C/C(=N/NC(=O)c1nnn(-c2nonc2N)c1CSc1nncn1C)c1ccc(Cl)cc1. The van der Waals surface area contributed by atoms with E-state index in [0.717, 1.165) is 5.56 Å². The molecule has 3 heterocycles. The Labute approximate surface area is 190 Å². The number of thioether (sulfide) groups is 1. The molecule has 0 aliphatic heterocycles. The summed E-state index contributed by atoms with van der Waals surface area (Å²) in [5.74, 6) is -0.184. The summed E-state index contributed by atoms with van der Waals surface area (Å²) in [7, 11) is 1.80. The number of rotatable bonds is 7. The molecule has 4 aromatic rings. The quantitative estimate of drug-likeness (QED) is 0.227. The van der Waals surface area contributed by atoms with Crippen LogP contribution in [0, 0.1) is 0 Å². The third kappa shape index (κ3) is 4.45. The number of nitrogen functional groups attached to an aromatic ring is 1. The molecule has 0 saturated carbocycles. The summed E-state index contributed by atoms with van der Waals surface area (Å²) < 4.78 is 7.68. The fraction of sp³-hybridized carbons (Fsp3) is 0.176. The fourth-order valence-corrected chi connectivity index (χ4v) is 3.60. The Hall–Kier alpha value is -3.78. The highest BCUT2D eigenvalue weighted by molar-refractivity contribution is 7.98. The van der Waals surface area contributed by atoms with Gasteiger partial charge in [0.15, 0.2) is 10.9 Å². The minimum Gasteiger partial charge on any atom is -0.378 e. The van der Waals surface area contributed by atoms with Crippen LogP contribution in [0.15, 0.2) is 45.5 Å². The number of hydrogen-bond donors (Lipinski definition) is 2. The molecule has 0 saturated heterocycles. The Balaban J connectivity index is 1.60. The van der Waals surface area contributed by atoms with Gasteiger partial charge in [-0.25, -0.2) is 10.1 Å². The van der Waals surface area contributed by atoms with Gasteiger partial charge in [-0.15, -0.1) is 15.3 Å². The van der Waals surface area contributed by atoms with Crippen LogP contribution in [-0.2, 0) is 12.8 Å². The molecule has 0 radical (unpaired) electrons. The molecular formula is C17H16ClN11O2S. The monoisotopic (exact) mass is 473 g/mol. The zero-order valence-corrected chi connectivity index (χ0v) is 18.4. The molecule has 1 aromatic carbocycles. The maximum atomic E-state index is 12.9. The molecule has 13 nitrogen and oxygen atoms in total. The van der Waals surface area contributed by atoms with E-state index in [2.05, 4.69) is 46.0 Å². The van der Waals surface area contributed by atoms with E-state index in [4.69, 9.17) is 17.3 Å². The van der Waals surface area contributed by atoms with Crippen molar-refractivity contribution in [3.05, 3.63) is 52.6 Å². The van der Waals surface area contributed by atoms with Gasteiger partial charge in [-0.2, -0.15) is 9.78 Å². The van der Waals surface area contributed by atoms with Crippen molar-refractivity contribution in [3.8, 4) is 5.82 Å². The van der Waals surface area contributed by atoms with Gasteiger partial charge in [-0.05, 0) is 34.9 Å². The second kappa shape index (κ2) is 9.15. The number of nitrogens with one attached hydrogen (secondary N) is 1. The lowest BCUT2D eigenvalue weighted by Gasteiger charge is -2.06. The average molecular weight is 474 g/mol. The summed E-state index contributed by atoms with van der Waals surface area (Å²) in [4.78, 5) is 12.9. The number of hydrazone groups is 1. The van der Waals surface area contributed by atoms with Gasteiger partial charge in [0.2, 0.25) is 11.6 Å². The highest BCUT2D eigenvalue weighted by Crippen LogP contribution is 2.24. The fourth-order valence-electron chi connectivity index (χ4n) is 2.59. The molecule has 0 fully saturated rings. The van der Waals surface area contributed by atoms with E-state index < -0.39 is 5.91 Å². The largest absolute Gasteiger partial charge is 0.378 e. The lowest BCUT2D eigenvalue weighted by atomic mass is 10.1. The normalized spacial score (nSPS) is 11.7. The van der Waals surface area contributed by atoms with Gasteiger partial charge in [0.05, 0.1) is 11.4 Å². The van der Waals surface area contributed by atoms with Gasteiger partial charge in [-0.3, -0.25) is 4.79 Å². The van der Waals surface area contributed by atoms with Gasteiger partial charge >= 0.3 is 0 Å². The molecule has 15 heteroatoms. The summed E-state index contributed by atoms with van der Waals surface area (Å²) in [6, 6.07) is 7.07. The van der Waals surface area contributed by atoms with E-state index >= 15 is 0 Å². The summed E-state index contributed by atoms with van der Waals surface area (Å²) in [5, 5.41) is 28.5. The van der Waals surface area contributed by atoms with Crippen molar-refractivity contribution >= 4 is 40.8 Å². The minimum atomic E-state index is -0.562. The minimum absolute atomic E-state index is 0.00312. The molecule has 32 heavy (non-hydrogen) atoms. The van der Waals surface area contributed by atoms with Gasteiger partial charge in [0.1, 0.15) is 6.33 Å². The number of nitrogens with two attached hydrogens (primary N) is 1. The van der Waals surface area contributed by atoms with E-state index in [9.17, 15) is 4.79 Å². The van der Waals surface area contributed by atoms with Crippen molar-refractivity contribution < 1.29 is 9.42 Å². The first kappa shape index (κ1) is 21.5. The predicted octanol–water partition coefficient (Wildman–Crippen LogP) is 1.46. The first-order valence-electron chi connectivity index (χ1n) is 9.04. The lowest BCUT2D eigenvalue weighted by Crippen LogP contribution is -2.21. The summed E-state index contributed by atoms with van der Waals surface area (Å²) in [6.07, 6.45) is 1.57. The van der Waals surface area contributed by atoms with Crippen LogP contribution in [0.5, 0.6) is 0 Å². The number of anilines is 1. The molecule has 0 bridgehead atoms. The summed E-state index contributed by atoms with van der Waals surface area (Å²) in [6.45, 7) is 1.76. The molecule has 3 aromatic heterocycles. The second-order valence-electron chi connectivity index (χ2n) is 6.43. The Bertz CT molecular complexity index is 1280. The van der Waals surface area contributed by atoms with Crippen molar-refractivity contribution in [3.63, 3.8) is 0 Å². The number of nitrogens with zero attached hydrogens (tertiary/aromatic N) is 9. The molecule has 0 spiro atoms. The first-order valence-corrected chi connectivity index (χ1v) is 10.4. The maximum Gasteiger partial charge on any atom is 0.293 e. The van der Waals surface area contributed by atoms with Crippen molar-refractivity contribution in [2.24, 2.45) is 12.1 Å². The molecule has 4 rings (SSSR count). The second-order valence-corrected chi connectivity index (χ2v) is 7.81. The van der Waals surface area contributed by atoms with Crippen LogP contribution in [-0.4, -0.2) is 51.7 Å². The topological polar surface area (TPSA) is 168 Å². The van der Waals surface area contributed by atoms with Crippen LogP contribution >= 0.6 is 23.4 Å². The van der Waals surface area contributed by atoms with Gasteiger partial charge in [0, 0.05) is 17.8 Å². The Morgan fingerprint density at radius 3 is 2.72 bits per heavy atom. The Morgan fingerprint density at radius 2 is 2.06 bits per heavy atom. The molecule has 0 atom stereocenters. The number of amides is 1. The van der Waals surface area contributed by atoms with Crippen molar-refractivity contribution in [2.75, 3.05) is 5.73 Å². The van der Waals surface area contributed by atoms with Crippen molar-refractivity contribution in [1.82, 2.24) is 45.5 Å². The zero-order chi connectivity index (χ0) is 22.7. The van der Waals surface area contributed by atoms with Crippen LogP contribution in [0.3, 0.4) is 0 Å². The van der Waals surface area contributed by atoms with Crippen molar-refractivity contribution in [2.45, 2.75) is 17.8 Å². The van der Waals surface area contributed by atoms with E-state index in [0.29, 0.717) is 21.6 Å². The number of aromatic nitrogens is 8. The van der Waals surface area contributed by atoms with E-state index in [1.54, 1.807) is 49.1 Å². The van der Waals surface area contributed by atoms with E-state index in [1.165, 1.54) is 16.4 Å². The average Bonchev–Trinajstić information content (AvgIpc) is 3.50. The Kier molecular flexibility index (Phi) is 6.13. The molecule has 164 valence electrons. The molecule has 3 N–H and O–H groups in total. The first-order chi connectivity index (χ1) is 15.4. The van der Waals surface area contributed by atoms with E-state index in [-0.39, 0.29) is 23.1 Å². The van der Waals surface area contributed by atoms with Crippen LogP contribution in [0.2, 0.25) is 5.02 Å². The van der Waals surface area contributed by atoms with Gasteiger partial charge < -0.3 is 10.3 Å². The molecule has 1 amide bonds. The number of hydrogen-bond acceptors (Lipinski definition) is 11. The standard InChI is InChI=1S/C17H16ClN11O2S/c1-9(10-3-5-11(18)6-4-10)21-23-16(30)13-12(7-32-17-24-20-8-28(17)2)29(27-22-13)15-14(19)25-31-26-15/h3-6,8H,7H2,1-2H3,(H2,19,25)(H,23,30)/b21-9-. The van der Waals surface area contributed by atoms with Gasteiger partial charge in [-0.1, -0.05) is 40.7 Å². The molecular weight excluding hydrogens is 458 g/mol. The molecule has 0 aliphatic rings. The third-order valence-corrected chi connectivity index (χ3v) is 5.57. The number of benzene rings is 1. The highest BCUT2D eigenvalue weighted by Gasteiger charge is 2.24. The number of halogens is 1. The summed E-state index contributed by atoms with van der Waals surface area (Å²) in [5.41, 5.74) is 10.1. The van der Waals surface area contributed by atoms with Crippen LogP contribution < -0.4 is 11.2 Å². The third-order valence-electron chi connectivity index (χ3n) is 4.27. The maximum absolute atomic E-state index is 12.9. The Morgan fingerprint density at radius 1 is 1.28 bits per heavy atom. The zero-order valence-electron chi connectivity index (χ0n) is 16.8. The number of carbonyl (C=O) groups excluding carboxylic acids is 1. The summed E-state index contributed by atoms with van der Waals surface area (Å²) >= 11 is 7.23. The molecule has 0 aliphatic carbocycles. The number of aryl methyl sites for hydroxylation is 1. The number of carbonyl (C=O) groups is 1.